The number of ether oxygens (including phenoxy) is 1. The molecule has 0 aliphatic heterocycles. The van der Waals surface area contributed by atoms with Crippen molar-refractivity contribution in [2.75, 3.05) is 5.73 Å². The van der Waals surface area contributed by atoms with Gasteiger partial charge in [0.15, 0.2) is 5.43 Å². The van der Waals surface area contributed by atoms with Crippen molar-refractivity contribution in [2.24, 2.45) is 0 Å². The highest BCUT2D eigenvalue weighted by atomic mass is 127. The summed E-state index contributed by atoms with van der Waals surface area (Å²) in [4.78, 5) is 25.1. The van der Waals surface area contributed by atoms with E-state index in [1.807, 2.05) is 40.8 Å². The van der Waals surface area contributed by atoms with Crippen molar-refractivity contribution in [3.05, 3.63) is 52.2 Å². The fourth-order valence-electron chi connectivity index (χ4n) is 2.32. The molecule has 4 nitrogen and oxygen atoms in total. The third kappa shape index (κ3) is 2.68. The molecule has 3 rings (SSSR count). The molecule has 1 atom stereocenters. The van der Waals surface area contributed by atoms with Gasteiger partial charge in [-0.3, -0.25) is 4.79 Å². The Kier molecular flexibility index (Phi) is 4.05. The number of halogens is 1. The first-order valence-electron chi connectivity index (χ1n) is 6.57. The molecule has 0 saturated heterocycles. The van der Waals surface area contributed by atoms with Crippen molar-refractivity contribution in [1.29, 1.82) is 0 Å². The summed E-state index contributed by atoms with van der Waals surface area (Å²) in [5.74, 6) is -0.529. The molecule has 0 aliphatic rings. The molecule has 22 heavy (non-hydrogen) atoms. The lowest BCUT2D eigenvalue weighted by molar-refractivity contribution is 0.0504. The smallest absolute Gasteiger partial charge is 0.340 e. The zero-order chi connectivity index (χ0) is 15.9. The minimum Gasteiger partial charge on any atom is -0.448 e. The summed E-state index contributed by atoms with van der Waals surface area (Å²) in [6, 6.07) is 10.6. The molecule has 1 aromatic heterocycles. The van der Waals surface area contributed by atoms with Gasteiger partial charge in [-0.2, -0.15) is 0 Å². The van der Waals surface area contributed by atoms with E-state index >= 15 is 0 Å². The van der Waals surface area contributed by atoms with Crippen molar-refractivity contribution in [2.45, 2.75) is 11.0 Å². The molecule has 2 N–H and O–H groups in total. The van der Waals surface area contributed by atoms with Crippen LogP contribution in [-0.2, 0) is 4.74 Å². The van der Waals surface area contributed by atoms with E-state index in [-0.39, 0.29) is 15.1 Å². The second-order valence-corrected chi connectivity index (χ2v) is 7.66. The standard InChI is InChI=1S/C16H12INO3S/c1-8(17)21-16(20)11-6-9(18)7-13-14(11)15(19)10-4-2-3-5-12(10)22-13/h2-8H,18H2,1H3. The van der Waals surface area contributed by atoms with Crippen LogP contribution in [-0.4, -0.2) is 10.1 Å². The Labute approximate surface area is 144 Å². The van der Waals surface area contributed by atoms with Gasteiger partial charge >= 0.3 is 5.97 Å². The molecule has 0 bridgehead atoms. The third-order valence-corrected chi connectivity index (χ3v) is 4.56. The predicted molar refractivity (Wildman–Crippen MR) is 98.9 cm³/mol. The van der Waals surface area contributed by atoms with E-state index in [4.69, 9.17) is 10.5 Å². The Hall–Kier alpha value is -1.67. The van der Waals surface area contributed by atoms with Gasteiger partial charge in [0.1, 0.15) is 4.11 Å². The van der Waals surface area contributed by atoms with Crippen molar-refractivity contribution >= 4 is 65.8 Å². The molecule has 1 heterocycles. The number of fused-ring (bicyclic) bond motifs is 2. The zero-order valence-corrected chi connectivity index (χ0v) is 14.6. The molecule has 0 amide bonds. The van der Waals surface area contributed by atoms with Crippen molar-refractivity contribution in [1.82, 2.24) is 0 Å². The second-order valence-electron chi connectivity index (χ2n) is 4.82. The van der Waals surface area contributed by atoms with Gasteiger partial charge in [0.25, 0.3) is 0 Å². The Bertz CT molecular complexity index is 949. The number of carbonyl (C=O) groups is 1. The highest BCUT2D eigenvalue weighted by Crippen LogP contribution is 2.29. The van der Waals surface area contributed by atoms with E-state index in [1.165, 1.54) is 17.4 Å². The quantitative estimate of drug-likeness (QED) is 0.222. The van der Waals surface area contributed by atoms with Crippen LogP contribution in [0, 0.1) is 0 Å². The summed E-state index contributed by atoms with van der Waals surface area (Å²) in [6.45, 7) is 1.75. The number of benzene rings is 2. The number of esters is 1. The lowest BCUT2D eigenvalue weighted by Gasteiger charge is -2.10. The fourth-order valence-corrected chi connectivity index (χ4v) is 3.70. The monoisotopic (exact) mass is 425 g/mol. The van der Waals surface area contributed by atoms with Gasteiger partial charge in [-0.05, 0) is 53.8 Å². The largest absolute Gasteiger partial charge is 0.448 e. The predicted octanol–water partition coefficient (Wildman–Crippen LogP) is 3.93. The lowest BCUT2D eigenvalue weighted by atomic mass is 10.1. The number of alkyl halides is 1. The first-order valence-corrected chi connectivity index (χ1v) is 8.63. The normalized spacial score (nSPS) is 12.5. The van der Waals surface area contributed by atoms with Crippen LogP contribution in [0.1, 0.15) is 17.3 Å². The average molecular weight is 425 g/mol. The molecule has 0 radical (unpaired) electrons. The number of rotatable bonds is 2. The molecular weight excluding hydrogens is 413 g/mol. The van der Waals surface area contributed by atoms with E-state index in [0.29, 0.717) is 21.2 Å². The van der Waals surface area contributed by atoms with Gasteiger partial charge in [0.05, 0.1) is 10.9 Å². The highest BCUT2D eigenvalue weighted by Gasteiger charge is 2.18. The molecule has 3 aromatic rings. The van der Waals surface area contributed by atoms with Crippen molar-refractivity contribution in [3.8, 4) is 0 Å². The second kappa shape index (κ2) is 5.85. The summed E-state index contributed by atoms with van der Waals surface area (Å²) in [7, 11) is 0. The van der Waals surface area contributed by atoms with Crippen molar-refractivity contribution in [3.63, 3.8) is 0 Å². The molecule has 0 saturated carbocycles. The third-order valence-electron chi connectivity index (χ3n) is 3.19. The number of carbonyl (C=O) groups excluding carboxylic acids is 1. The van der Waals surface area contributed by atoms with Crippen molar-refractivity contribution < 1.29 is 9.53 Å². The molecule has 0 spiro atoms. The Morgan fingerprint density at radius 3 is 2.73 bits per heavy atom. The van der Waals surface area contributed by atoms with E-state index < -0.39 is 5.97 Å². The molecule has 0 aliphatic carbocycles. The van der Waals surface area contributed by atoms with Crippen LogP contribution in [0.5, 0.6) is 0 Å². The Morgan fingerprint density at radius 1 is 1.27 bits per heavy atom. The number of nitrogen functional groups attached to an aromatic ring is 1. The molecule has 0 fully saturated rings. The van der Waals surface area contributed by atoms with Crippen LogP contribution in [0.15, 0.2) is 41.2 Å². The minimum absolute atomic E-state index is 0.169. The Morgan fingerprint density at radius 2 is 2.00 bits per heavy atom. The van der Waals surface area contributed by atoms with Gasteiger partial charge in [-0.1, -0.05) is 12.1 Å². The number of anilines is 1. The van der Waals surface area contributed by atoms with E-state index in [9.17, 15) is 9.59 Å². The number of hydrogen-bond donors (Lipinski definition) is 1. The zero-order valence-electron chi connectivity index (χ0n) is 11.6. The summed E-state index contributed by atoms with van der Waals surface area (Å²) >= 11 is 3.43. The lowest BCUT2D eigenvalue weighted by Crippen LogP contribution is -2.14. The summed E-state index contributed by atoms with van der Waals surface area (Å²) in [6.07, 6.45) is 0. The first-order chi connectivity index (χ1) is 10.5. The maximum absolute atomic E-state index is 12.8. The number of nitrogens with two attached hydrogens (primary N) is 1. The van der Waals surface area contributed by atoms with Gasteiger partial charge in [-0.25, -0.2) is 4.79 Å². The summed E-state index contributed by atoms with van der Waals surface area (Å²) in [5, 5.41) is 0.973. The minimum atomic E-state index is -0.529. The van der Waals surface area contributed by atoms with E-state index in [2.05, 4.69) is 0 Å². The number of hydrogen-bond acceptors (Lipinski definition) is 5. The topological polar surface area (TPSA) is 69.4 Å². The van der Waals surface area contributed by atoms with Crippen LogP contribution in [0.4, 0.5) is 5.69 Å². The molecule has 112 valence electrons. The van der Waals surface area contributed by atoms with Gasteiger partial charge in [-0.15, -0.1) is 11.3 Å². The summed E-state index contributed by atoms with van der Waals surface area (Å²) in [5.41, 5.74) is 6.38. The highest BCUT2D eigenvalue weighted by molar-refractivity contribution is 14.1. The molecule has 1 unspecified atom stereocenters. The average Bonchev–Trinajstić information content (AvgIpc) is 2.45. The van der Waals surface area contributed by atoms with Gasteiger partial charge < -0.3 is 10.5 Å². The SMILES string of the molecule is CC(I)OC(=O)c1cc(N)cc2sc3ccccc3c(=O)c12. The maximum atomic E-state index is 12.8. The van der Waals surface area contributed by atoms with Gasteiger partial charge in [0.2, 0.25) is 0 Å². The van der Waals surface area contributed by atoms with E-state index in [1.54, 1.807) is 19.1 Å². The van der Waals surface area contributed by atoms with Crippen LogP contribution in [0.3, 0.4) is 0 Å². The van der Waals surface area contributed by atoms with Crippen LogP contribution < -0.4 is 11.2 Å². The van der Waals surface area contributed by atoms with E-state index in [0.717, 1.165) is 4.70 Å². The van der Waals surface area contributed by atoms with Crippen LogP contribution in [0.25, 0.3) is 20.2 Å². The first kappa shape index (κ1) is 15.2. The maximum Gasteiger partial charge on any atom is 0.340 e. The molecule has 2 aromatic carbocycles. The van der Waals surface area contributed by atoms with Crippen LogP contribution in [0.2, 0.25) is 0 Å². The Balaban J connectivity index is 2.39. The van der Waals surface area contributed by atoms with Gasteiger partial charge in [0, 0.05) is 20.5 Å². The summed E-state index contributed by atoms with van der Waals surface area (Å²) < 4.78 is 6.49. The fraction of sp³-hybridized carbons (Fsp3) is 0.125. The molecule has 6 heteroatoms. The van der Waals surface area contributed by atoms with Crippen LogP contribution >= 0.6 is 33.9 Å². The molecular formula is C16H12INO3S.